The van der Waals surface area contributed by atoms with Gasteiger partial charge in [-0.2, -0.15) is 0 Å². The molecule has 2 aromatic rings. The Kier molecular flexibility index (Phi) is 4.95. The molecule has 10 heteroatoms. The highest BCUT2D eigenvalue weighted by atomic mass is 32.1. The number of likely N-dealkylation sites (N-methyl/N-ethyl adjacent to an activating group) is 2. The predicted molar refractivity (Wildman–Crippen MR) is 106 cm³/mol. The molecule has 0 atom stereocenters. The van der Waals surface area contributed by atoms with E-state index in [-0.39, 0.29) is 35.8 Å². The van der Waals surface area contributed by atoms with Gasteiger partial charge in [0.25, 0.3) is 11.8 Å². The highest BCUT2D eigenvalue weighted by Crippen LogP contribution is 2.41. The van der Waals surface area contributed by atoms with Crippen LogP contribution < -0.4 is 9.64 Å². The van der Waals surface area contributed by atoms with Crippen LogP contribution in [0.5, 0.6) is 5.88 Å². The van der Waals surface area contributed by atoms with Crippen molar-refractivity contribution in [2.75, 3.05) is 38.7 Å². The average Bonchev–Trinajstić information content (AvgIpc) is 3.07. The van der Waals surface area contributed by atoms with E-state index < -0.39 is 0 Å². The standard InChI is InChI=1S/C19H21N5O4S/c1-4-24-13(25)10-22(2)17(26)14-11-5-8-23(9-12(11)29-19(14)24)18(27)15-16(28-3)21-7-6-20-15/h6-7H,4-5,8-10H2,1-3H3. The summed E-state index contributed by atoms with van der Waals surface area (Å²) in [5.74, 6) is -0.323. The number of carbonyl (C=O) groups excluding carboxylic acids is 3. The van der Waals surface area contributed by atoms with Gasteiger partial charge in [-0.25, -0.2) is 9.97 Å². The second-order valence-corrected chi connectivity index (χ2v) is 7.96. The summed E-state index contributed by atoms with van der Waals surface area (Å²) in [5.41, 5.74) is 1.70. The summed E-state index contributed by atoms with van der Waals surface area (Å²) < 4.78 is 5.16. The Labute approximate surface area is 171 Å². The molecule has 2 aromatic heterocycles. The van der Waals surface area contributed by atoms with Crippen LogP contribution in [-0.4, -0.2) is 71.3 Å². The number of thiophene rings is 1. The van der Waals surface area contributed by atoms with E-state index in [1.807, 2.05) is 6.92 Å². The van der Waals surface area contributed by atoms with E-state index in [1.54, 1.807) is 16.8 Å². The first-order chi connectivity index (χ1) is 14.0. The van der Waals surface area contributed by atoms with Crippen LogP contribution in [0.1, 0.15) is 38.2 Å². The first-order valence-electron chi connectivity index (χ1n) is 9.30. The highest BCUT2D eigenvalue weighted by Gasteiger charge is 2.37. The van der Waals surface area contributed by atoms with Crippen molar-refractivity contribution in [2.45, 2.75) is 19.9 Å². The van der Waals surface area contributed by atoms with Crippen molar-refractivity contribution >= 4 is 34.1 Å². The number of aromatic nitrogens is 2. The molecule has 0 radical (unpaired) electrons. The van der Waals surface area contributed by atoms with Gasteiger partial charge in [-0.15, -0.1) is 11.3 Å². The van der Waals surface area contributed by atoms with E-state index in [2.05, 4.69) is 9.97 Å². The van der Waals surface area contributed by atoms with Crippen LogP contribution in [0.3, 0.4) is 0 Å². The van der Waals surface area contributed by atoms with Gasteiger partial charge in [0.05, 0.1) is 19.2 Å². The van der Waals surface area contributed by atoms with E-state index in [4.69, 9.17) is 4.74 Å². The fraction of sp³-hybridized carbons (Fsp3) is 0.421. The zero-order valence-corrected chi connectivity index (χ0v) is 17.3. The maximum Gasteiger partial charge on any atom is 0.278 e. The van der Waals surface area contributed by atoms with Crippen LogP contribution >= 0.6 is 11.3 Å². The molecule has 4 heterocycles. The molecule has 0 aliphatic carbocycles. The lowest BCUT2D eigenvalue weighted by atomic mass is 10.0. The number of rotatable bonds is 3. The summed E-state index contributed by atoms with van der Waals surface area (Å²) in [6.07, 6.45) is 3.47. The normalized spacial score (nSPS) is 16.4. The van der Waals surface area contributed by atoms with Crippen molar-refractivity contribution in [3.8, 4) is 5.88 Å². The van der Waals surface area contributed by atoms with Crippen LogP contribution in [0.2, 0.25) is 0 Å². The molecule has 4 rings (SSSR count). The Hall–Kier alpha value is -3.01. The molecule has 0 saturated carbocycles. The zero-order chi connectivity index (χ0) is 20.7. The lowest BCUT2D eigenvalue weighted by Gasteiger charge is -2.27. The summed E-state index contributed by atoms with van der Waals surface area (Å²) in [5, 5.41) is 0.684. The Balaban J connectivity index is 1.70. The van der Waals surface area contributed by atoms with Crippen LogP contribution in [0.4, 0.5) is 5.00 Å². The van der Waals surface area contributed by atoms with E-state index >= 15 is 0 Å². The quantitative estimate of drug-likeness (QED) is 0.747. The summed E-state index contributed by atoms with van der Waals surface area (Å²) >= 11 is 1.42. The number of anilines is 1. The first-order valence-corrected chi connectivity index (χ1v) is 10.1. The lowest BCUT2D eigenvalue weighted by molar-refractivity contribution is -0.118. The predicted octanol–water partition coefficient (Wildman–Crippen LogP) is 1.18. The number of hydrogen-bond donors (Lipinski definition) is 0. The van der Waals surface area contributed by atoms with Crippen molar-refractivity contribution < 1.29 is 19.1 Å². The maximum atomic E-state index is 13.0. The number of ether oxygens (including phenoxy) is 1. The lowest BCUT2D eigenvalue weighted by Crippen LogP contribution is -2.38. The van der Waals surface area contributed by atoms with Gasteiger partial charge >= 0.3 is 0 Å². The van der Waals surface area contributed by atoms with Crippen molar-refractivity contribution in [3.05, 3.63) is 34.1 Å². The molecule has 2 aliphatic heterocycles. The average molecular weight is 415 g/mol. The topological polar surface area (TPSA) is 95.9 Å². The number of fused-ring (bicyclic) bond motifs is 3. The van der Waals surface area contributed by atoms with Gasteiger partial charge < -0.3 is 19.4 Å². The Morgan fingerprint density at radius 1 is 1.24 bits per heavy atom. The van der Waals surface area contributed by atoms with Gasteiger partial charge in [0.2, 0.25) is 11.8 Å². The van der Waals surface area contributed by atoms with Crippen LogP contribution in [0.25, 0.3) is 0 Å². The minimum absolute atomic E-state index is 0.0694. The van der Waals surface area contributed by atoms with E-state index in [1.165, 1.54) is 35.7 Å². The number of amides is 3. The zero-order valence-electron chi connectivity index (χ0n) is 16.5. The van der Waals surface area contributed by atoms with Gasteiger partial charge in [-0.3, -0.25) is 14.4 Å². The summed E-state index contributed by atoms with van der Waals surface area (Å²) in [7, 11) is 3.09. The fourth-order valence-corrected chi connectivity index (χ4v) is 5.16. The third-order valence-electron chi connectivity index (χ3n) is 5.18. The third-order valence-corrected chi connectivity index (χ3v) is 6.42. The number of hydrogen-bond acceptors (Lipinski definition) is 7. The van der Waals surface area contributed by atoms with Crippen LogP contribution in [-0.2, 0) is 17.8 Å². The highest BCUT2D eigenvalue weighted by molar-refractivity contribution is 7.17. The SMILES string of the molecule is CCN1C(=O)CN(C)C(=O)c2c1sc1c2CCN(C(=O)c2nccnc2OC)C1. The van der Waals surface area contributed by atoms with Crippen molar-refractivity contribution in [1.29, 1.82) is 0 Å². The van der Waals surface area contributed by atoms with Gasteiger partial charge in [-0.1, -0.05) is 0 Å². The Morgan fingerprint density at radius 2 is 2.00 bits per heavy atom. The van der Waals surface area contributed by atoms with Crippen LogP contribution in [0.15, 0.2) is 12.4 Å². The van der Waals surface area contributed by atoms with E-state index in [0.717, 1.165) is 10.4 Å². The monoisotopic (exact) mass is 415 g/mol. The number of carbonyl (C=O) groups is 3. The minimum Gasteiger partial charge on any atom is -0.479 e. The molecule has 152 valence electrons. The van der Waals surface area contributed by atoms with Gasteiger partial charge in [-0.05, 0) is 18.9 Å². The minimum atomic E-state index is -0.268. The molecule has 29 heavy (non-hydrogen) atoms. The molecule has 0 spiro atoms. The first kappa shape index (κ1) is 19.3. The molecule has 0 unspecified atom stereocenters. The third kappa shape index (κ3) is 3.13. The van der Waals surface area contributed by atoms with Gasteiger partial charge in [0.1, 0.15) is 11.5 Å². The Bertz CT molecular complexity index is 1000. The molecule has 2 aliphatic rings. The summed E-state index contributed by atoms with van der Waals surface area (Å²) in [4.78, 5) is 52.4. The smallest absolute Gasteiger partial charge is 0.278 e. The van der Waals surface area contributed by atoms with E-state index in [9.17, 15) is 14.4 Å². The molecular formula is C19H21N5O4S. The van der Waals surface area contributed by atoms with E-state index in [0.29, 0.717) is 36.6 Å². The largest absolute Gasteiger partial charge is 0.479 e. The molecular weight excluding hydrogens is 394 g/mol. The van der Waals surface area contributed by atoms with Crippen LogP contribution in [0, 0.1) is 0 Å². The van der Waals surface area contributed by atoms with Gasteiger partial charge in [0, 0.05) is 37.4 Å². The number of nitrogens with zero attached hydrogens (tertiary/aromatic N) is 5. The molecule has 0 saturated heterocycles. The molecule has 0 aromatic carbocycles. The number of methoxy groups -OCH3 is 1. The van der Waals surface area contributed by atoms with Crippen molar-refractivity contribution in [3.63, 3.8) is 0 Å². The van der Waals surface area contributed by atoms with Crippen molar-refractivity contribution in [1.82, 2.24) is 19.8 Å². The summed E-state index contributed by atoms with van der Waals surface area (Å²) in [6, 6.07) is 0. The molecule has 3 amide bonds. The molecule has 9 nitrogen and oxygen atoms in total. The Morgan fingerprint density at radius 3 is 2.72 bits per heavy atom. The second-order valence-electron chi connectivity index (χ2n) is 6.87. The second kappa shape index (κ2) is 7.43. The molecule has 0 N–H and O–H groups in total. The summed E-state index contributed by atoms with van der Waals surface area (Å²) in [6.45, 7) is 3.26. The molecule has 0 bridgehead atoms. The molecule has 0 fully saturated rings. The fourth-order valence-electron chi connectivity index (χ4n) is 3.73. The maximum absolute atomic E-state index is 13.0. The van der Waals surface area contributed by atoms with Crippen molar-refractivity contribution in [2.24, 2.45) is 0 Å². The van der Waals surface area contributed by atoms with Gasteiger partial charge in [0.15, 0.2) is 5.69 Å².